The first-order valence-electron chi connectivity index (χ1n) is 7.65. The molecule has 2 heteroatoms. The molecule has 3 aliphatic carbocycles. The second kappa shape index (κ2) is 4.05. The minimum atomic E-state index is -0.345. The van der Waals surface area contributed by atoms with Crippen molar-refractivity contribution in [2.45, 2.75) is 51.0 Å². The summed E-state index contributed by atoms with van der Waals surface area (Å²) in [6.07, 6.45) is 8.24. The smallest absolute Gasteiger partial charge is 0.139 e. The molecule has 3 atom stereocenters. The van der Waals surface area contributed by atoms with Gasteiger partial charge in [0.05, 0.1) is 6.10 Å². The molecule has 0 spiro atoms. The van der Waals surface area contributed by atoms with Crippen molar-refractivity contribution >= 4 is 17.9 Å². The summed E-state index contributed by atoms with van der Waals surface area (Å²) in [6.45, 7) is 2.16. The lowest BCUT2D eigenvalue weighted by molar-refractivity contribution is -0.126. The SMILES string of the molecule is C[C@]12CCc3c(ccc4c3=CCC(O)C=4)[C@@H]1CCC2=O. The normalized spacial score (nSPS) is 34.6. The largest absolute Gasteiger partial charge is 0.389 e. The molecule has 1 unspecified atom stereocenters. The van der Waals surface area contributed by atoms with Crippen LogP contribution in [0.5, 0.6) is 0 Å². The Morgan fingerprint density at radius 2 is 2.15 bits per heavy atom. The Kier molecular flexibility index (Phi) is 2.50. The van der Waals surface area contributed by atoms with E-state index in [1.807, 2.05) is 6.08 Å². The highest BCUT2D eigenvalue weighted by Gasteiger charge is 2.49. The van der Waals surface area contributed by atoms with Crippen LogP contribution in [0.25, 0.3) is 12.2 Å². The fourth-order valence-electron chi connectivity index (χ4n) is 4.48. The minimum absolute atomic E-state index is 0.126. The van der Waals surface area contributed by atoms with Gasteiger partial charge in [0.25, 0.3) is 0 Å². The maximum Gasteiger partial charge on any atom is 0.139 e. The zero-order valence-corrected chi connectivity index (χ0v) is 11.9. The first kappa shape index (κ1) is 12.3. The highest BCUT2D eigenvalue weighted by atomic mass is 16.3. The Morgan fingerprint density at radius 1 is 1.30 bits per heavy atom. The fraction of sp³-hybridized carbons (Fsp3) is 0.500. The second-order valence-corrected chi connectivity index (χ2v) is 6.74. The van der Waals surface area contributed by atoms with Gasteiger partial charge >= 0.3 is 0 Å². The van der Waals surface area contributed by atoms with Gasteiger partial charge < -0.3 is 5.11 Å². The van der Waals surface area contributed by atoms with Crippen molar-refractivity contribution in [2.24, 2.45) is 5.41 Å². The van der Waals surface area contributed by atoms with Gasteiger partial charge in [-0.3, -0.25) is 4.79 Å². The molecule has 104 valence electrons. The van der Waals surface area contributed by atoms with Crippen LogP contribution >= 0.6 is 0 Å². The summed E-state index contributed by atoms with van der Waals surface area (Å²) in [7, 11) is 0. The highest BCUT2D eigenvalue weighted by molar-refractivity contribution is 5.88. The molecule has 3 aliphatic rings. The quantitative estimate of drug-likeness (QED) is 0.772. The summed E-state index contributed by atoms with van der Waals surface area (Å²) < 4.78 is 0. The molecule has 0 aromatic heterocycles. The summed E-state index contributed by atoms with van der Waals surface area (Å²) in [5.74, 6) is 0.862. The number of ketones is 1. The lowest BCUT2D eigenvalue weighted by atomic mass is 9.66. The molecule has 20 heavy (non-hydrogen) atoms. The monoisotopic (exact) mass is 268 g/mol. The number of hydrogen-bond donors (Lipinski definition) is 1. The molecule has 0 aliphatic heterocycles. The van der Waals surface area contributed by atoms with Crippen molar-refractivity contribution in [3.8, 4) is 0 Å². The van der Waals surface area contributed by atoms with E-state index in [4.69, 9.17) is 0 Å². The van der Waals surface area contributed by atoms with E-state index in [1.165, 1.54) is 16.3 Å². The van der Waals surface area contributed by atoms with Crippen LogP contribution < -0.4 is 10.4 Å². The molecule has 1 saturated carbocycles. The molecule has 1 aromatic rings. The standard InChI is InChI=1S/C18H20O2/c1-18-9-8-14-13-5-3-12(19)10-11(13)2-4-15(14)16(18)6-7-17(18)20/h2,4-5,10,12,16,19H,3,6-9H2,1H3/t12?,16-,18-/m0/s1. The molecular formula is C18H20O2. The Balaban J connectivity index is 1.94. The van der Waals surface area contributed by atoms with Crippen molar-refractivity contribution in [1.82, 2.24) is 0 Å². The van der Waals surface area contributed by atoms with Crippen molar-refractivity contribution in [3.05, 3.63) is 33.7 Å². The molecule has 0 heterocycles. The van der Waals surface area contributed by atoms with Crippen LogP contribution in [-0.4, -0.2) is 17.0 Å². The molecule has 0 amide bonds. The number of aliphatic hydroxyl groups excluding tert-OH is 1. The summed E-state index contributed by atoms with van der Waals surface area (Å²) in [6, 6.07) is 4.33. The Labute approximate surface area is 118 Å². The third-order valence-electron chi connectivity index (χ3n) is 5.70. The Morgan fingerprint density at radius 3 is 3.00 bits per heavy atom. The van der Waals surface area contributed by atoms with Gasteiger partial charge in [-0.2, -0.15) is 0 Å². The van der Waals surface area contributed by atoms with Gasteiger partial charge in [0, 0.05) is 11.8 Å². The van der Waals surface area contributed by atoms with E-state index in [1.54, 1.807) is 0 Å². The zero-order chi connectivity index (χ0) is 13.9. The number of benzene rings is 1. The number of aliphatic hydroxyl groups is 1. The van der Waals surface area contributed by atoms with Gasteiger partial charge in [0.2, 0.25) is 0 Å². The van der Waals surface area contributed by atoms with Gasteiger partial charge in [-0.25, -0.2) is 0 Å². The summed E-state index contributed by atoms with van der Waals surface area (Å²) >= 11 is 0. The molecule has 4 rings (SSSR count). The van der Waals surface area contributed by atoms with Crippen LogP contribution in [0.4, 0.5) is 0 Å². The maximum absolute atomic E-state index is 12.2. The Hall–Kier alpha value is -1.41. The predicted octanol–water partition coefficient (Wildman–Crippen LogP) is 1.41. The first-order chi connectivity index (χ1) is 9.59. The van der Waals surface area contributed by atoms with E-state index >= 15 is 0 Å². The lowest BCUT2D eigenvalue weighted by Gasteiger charge is -2.37. The third-order valence-corrected chi connectivity index (χ3v) is 5.70. The number of Topliss-reactive ketones (excluding diaryl/α,β-unsaturated/α-hetero) is 1. The number of carbonyl (C=O) groups is 1. The van der Waals surface area contributed by atoms with Gasteiger partial charge in [0.15, 0.2) is 0 Å². The van der Waals surface area contributed by atoms with Gasteiger partial charge in [0.1, 0.15) is 5.78 Å². The van der Waals surface area contributed by atoms with E-state index in [9.17, 15) is 9.90 Å². The summed E-state index contributed by atoms with van der Waals surface area (Å²) in [5.41, 5.74) is 2.70. The summed E-state index contributed by atoms with van der Waals surface area (Å²) in [5, 5.41) is 12.2. The van der Waals surface area contributed by atoms with Crippen LogP contribution in [0.2, 0.25) is 0 Å². The molecule has 0 bridgehead atoms. The number of fused-ring (bicyclic) bond motifs is 5. The van der Waals surface area contributed by atoms with Crippen LogP contribution in [0.1, 0.15) is 49.7 Å². The zero-order valence-electron chi connectivity index (χ0n) is 11.9. The molecule has 0 saturated heterocycles. The predicted molar refractivity (Wildman–Crippen MR) is 78.7 cm³/mol. The number of rotatable bonds is 0. The first-order valence-corrected chi connectivity index (χ1v) is 7.65. The van der Waals surface area contributed by atoms with Crippen molar-refractivity contribution in [3.63, 3.8) is 0 Å². The van der Waals surface area contributed by atoms with Gasteiger partial charge in [-0.05, 0) is 59.2 Å². The Bertz CT molecular complexity index is 716. The van der Waals surface area contributed by atoms with E-state index in [-0.39, 0.29) is 11.5 Å². The summed E-state index contributed by atoms with van der Waals surface area (Å²) in [4.78, 5) is 12.2. The highest BCUT2D eigenvalue weighted by Crippen LogP contribution is 2.52. The van der Waals surface area contributed by atoms with Gasteiger partial charge in [-0.15, -0.1) is 0 Å². The van der Waals surface area contributed by atoms with E-state index in [0.717, 1.165) is 30.9 Å². The average Bonchev–Trinajstić information content (AvgIpc) is 2.74. The second-order valence-electron chi connectivity index (χ2n) is 6.74. The topological polar surface area (TPSA) is 37.3 Å². The molecular weight excluding hydrogens is 248 g/mol. The molecule has 1 fully saturated rings. The van der Waals surface area contributed by atoms with Crippen molar-refractivity contribution < 1.29 is 9.90 Å². The average molecular weight is 268 g/mol. The number of carbonyl (C=O) groups excluding carboxylic acids is 1. The molecule has 1 N–H and O–H groups in total. The van der Waals surface area contributed by atoms with E-state index < -0.39 is 0 Å². The fourth-order valence-corrected chi connectivity index (χ4v) is 4.48. The number of hydrogen-bond acceptors (Lipinski definition) is 2. The van der Waals surface area contributed by atoms with Crippen LogP contribution in [0.3, 0.4) is 0 Å². The molecule has 2 nitrogen and oxygen atoms in total. The van der Waals surface area contributed by atoms with Crippen molar-refractivity contribution in [1.29, 1.82) is 0 Å². The van der Waals surface area contributed by atoms with E-state index in [2.05, 4.69) is 25.1 Å². The molecule has 0 radical (unpaired) electrons. The minimum Gasteiger partial charge on any atom is -0.389 e. The van der Waals surface area contributed by atoms with Crippen LogP contribution in [0.15, 0.2) is 12.1 Å². The van der Waals surface area contributed by atoms with Crippen molar-refractivity contribution in [2.75, 3.05) is 0 Å². The van der Waals surface area contributed by atoms with Gasteiger partial charge in [-0.1, -0.05) is 25.1 Å². The van der Waals surface area contributed by atoms with Crippen LogP contribution in [-0.2, 0) is 11.2 Å². The van der Waals surface area contributed by atoms with E-state index in [0.29, 0.717) is 18.1 Å². The third kappa shape index (κ3) is 1.51. The maximum atomic E-state index is 12.2. The van der Waals surface area contributed by atoms with Crippen LogP contribution in [0, 0.1) is 5.41 Å². The molecule has 1 aromatic carbocycles. The lowest BCUT2D eigenvalue weighted by Crippen LogP contribution is -2.40.